The Labute approximate surface area is 132 Å². The zero-order valence-corrected chi connectivity index (χ0v) is 13.6. The van der Waals surface area contributed by atoms with E-state index < -0.39 is 0 Å². The summed E-state index contributed by atoms with van der Waals surface area (Å²) < 4.78 is 0. The molecule has 0 radical (unpaired) electrons. The number of halogens is 2. The van der Waals surface area contributed by atoms with Crippen LogP contribution in [0.15, 0.2) is 18.2 Å². The van der Waals surface area contributed by atoms with Crippen molar-refractivity contribution in [1.82, 2.24) is 5.32 Å². The highest BCUT2D eigenvalue weighted by atomic mass is 35.5. The highest BCUT2D eigenvalue weighted by Crippen LogP contribution is 2.44. The molecule has 0 aromatic heterocycles. The summed E-state index contributed by atoms with van der Waals surface area (Å²) in [5, 5.41) is 5.08. The molecule has 0 saturated heterocycles. The largest absolute Gasteiger partial charge is 0.307 e. The van der Waals surface area contributed by atoms with Gasteiger partial charge in [0.2, 0.25) is 0 Å². The van der Waals surface area contributed by atoms with Gasteiger partial charge in [0.1, 0.15) is 0 Å². The van der Waals surface area contributed by atoms with E-state index in [-0.39, 0.29) is 0 Å². The lowest BCUT2D eigenvalue weighted by atomic mass is 9.82. The van der Waals surface area contributed by atoms with Gasteiger partial charge in [-0.15, -0.1) is 0 Å². The van der Waals surface area contributed by atoms with Crippen LogP contribution in [0, 0.1) is 11.8 Å². The third-order valence-corrected chi connectivity index (χ3v) is 5.67. The van der Waals surface area contributed by atoms with Crippen LogP contribution in [0.25, 0.3) is 0 Å². The smallest absolute Gasteiger partial charge is 0.0595 e. The first-order chi connectivity index (χ1) is 9.63. The van der Waals surface area contributed by atoms with Crippen LogP contribution in [0.3, 0.4) is 0 Å². The molecule has 0 spiro atoms. The molecule has 1 N–H and O–H groups in total. The van der Waals surface area contributed by atoms with E-state index >= 15 is 0 Å². The molecule has 1 aromatic carbocycles. The average molecular weight is 312 g/mol. The lowest BCUT2D eigenvalue weighted by Gasteiger charge is -2.32. The summed E-state index contributed by atoms with van der Waals surface area (Å²) in [4.78, 5) is 0. The van der Waals surface area contributed by atoms with Gasteiger partial charge in [-0.1, -0.05) is 42.1 Å². The summed E-state index contributed by atoms with van der Waals surface area (Å²) in [6.07, 6.45) is 8.45. The maximum Gasteiger partial charge on any atom is 0.0595 e. The first kappa shape index (κ1) is 14.7. The summed E-state index contributed by atoms with van der Waals surface area (Å²) in [6, 6.07) is 6.97. The Balaban J connectivity index is 1.59. The molecule has 2 saturated carbocycles. The quantitative estimate of drug-likeness (QED) is 0.761. The lowest BCUT2D eigenvalue weighted by Crippen LogP contribution is -2.36. The molecule has 0 aliphatic heterocycles. The van der Waals surface area contributed by atoms with E-state index in [1.54, 1.807) is 0 Å². The van der Waals surface area contributed by atoms with Gasteiger partial charge in [0, 0.05) is 12.1 Å². The van der Waals surface area contributed by atoms with E-state index in [9.17, 15) is 0 Å². The van der Waals surface area contributed by atoms with Crippen LogP contribution >= 0.6 is 23.2 Å². The fraction of sp³-hybridized carbons (Fsp3) is 0.647. The molecule has 0 amide bonds. The van der Waals surface area contributed by atoms with Crippen LogP contribution in [0.4, 0.5) is 0 Å². The Morgan fingerprint density at radius 3 is 2.55 bits per heavy atom. The number of hydrogen-bond donors (Lipinski definition) is 1. The molecule has 110 valence electrons. The van der Waals surface area contributed by atoms with E-state index in [1.807, 2.05) is 12.1 Å². The van der Waals surface area contributed by atoms with Gasteiger partial charge in [0.15, 0.2) is 0 Å². The van der Waals surface area contributed by atoms with E-state index in [0.29, 0.717) is 22.1 Å². The predicted octanol–water partition coefficient (Wildman–Crippen LogP) is 5.61. The minimum Gasteiger partial charge on any atom is -0.307 e. The van der Waals surface area contributed by atoms with Crippen LogP contribution in [0.2, 0.25) is 10.0 Å². The van der Waals surface area contributed by atoms with Crippen molar-refractivity contribution >= 4 is 23.2 Å². The summed E-state index contributed by atoms with van der Waals surface area (Å²) >= 11 is 12.1. The molecule has 0 bridgehead atoms. The SMILES string of the molecule is CC(NC1CCCC(C2CC2)C1)c1ccc(Cl)c(Cl)c1. The summed E-state index contributed by atoms with van der Waals surface area (Å²) in [7, 11) is 0. The maximum atomic E-state index is 6.11. The highest BCUT2D eigenvalue weighted by molar-refractivity contribution is 6.42. The van der Waals surface area contributed by atoms with Gasteiger partial charge >= 0.3 is 0 Å². The van der Waals surface area contributed by atoms with E-state index in [4.69, 9.17) is 23.2 Å². The Kier molecular flexibility index (Phi) is 4.59. The minimum atomic E-state index is 0.340. The Morgan fingerprint density at radius 2 is 1.85 bits per heavy atom. The van der Waals surface area contributed by atoms with Crippen molar-refractivity contribution in [3.8, 4) is 0 Å². The summed E-state index contributed by atoms with van der Waals surface area (Å²) in [6.45, 7) is 2.22. The monoisotopic (exact) mass is 311 g/mol. The number of nitrogens with one attached hydrogen (secondary N) is 1. The van der Waals surface area contributed by atoms with Crippen molar-refractivity contribution in [3.63, 3.8) is 0 Å². The standard InChI is InChI=1S/C17H23Cl2N/c1-11(13-7-8-16(18)17(19)10-13)20-15-4-2-3-14(9-15)12-5-6-12/h7-8,10-12,14-15,20H,2-6,9H2,1H3. The van der Waals surface area contributed by atoms with E-state index in [0.717, 1.165) is 11.8 Å². The van der Waals surface area contributed by atoms with Gasteiger partial charge in [0.25, 0.3) is 0 Å². The van der Waals surface area contributed by atoms with Gasteiger partial charge in [-0.3, -0.25) is 0 Å². The molecule has 2 aliphatic carbocycles. The molecule has 3 rings (SSSR count). The second kappa shape index (κ2) is 6.25. The molecule has 3 heteroatoms. The van der Waals surface area contributed by atoms with Crippen molar-refractivity contribution in [3.05, 3.63) is 33.8 Å². The van der Waals surface area contributed by atoms with Crippen molar-refractivity contribution < 1.29 is 0 Å². The third kappa shape index (κ3) is 3.50. The molecular weight excluding hydrogens is 289 g/mol. The predicted molar refractivity (Wildman–Crippen MR) is 86.5 cm³/mol. The third-order valence-electron chi connectivity index (χ3n) is 4.93. The normalized spacial score (nSPS) is 28.4. The van der Waals surface area contributed by atoms with Crippen LogP contribution in [-0.2, 0) is 0 Å². The van der Waals surface area contributed by atoms with Crippen molar-refractivity contribution in [2.24, 2.45) is 11.8 Å². The molecule has 20 heavy (non-hydrogen) atoms. The number of rotatable bonds is 4. The zero-order valence-electron chi connectivity index (χ0n) is 12.0. The topological polar surface area (TPSA) is 12.0 Å². The van der Waals surface area contributed by atoms with Crippen molar-refractivity contribution in [2.45, 2.75) is 57.5 Å². The van der Waals surface area contributed by atoms with Crippen molar-refractivity contribution in [2.75, 3.05) is 0 Å². The maximum absolute atomic E-state index is 6.11. The van der Waals surface area contributed by atoms with E-state index in [2.05, 4.69) is 18.3 Å². The zero-order chi connectivity index (χ0) is 14.1. The first-order valence-electron chi connectivity index (χ1n) is 7.84. The first-order valence-corrected chi connectivity index (χ1v) is 8.60. The molecule has 3 atom stereocenters. The van der Waals surface area contributed by atoms with Crippen LogP contribution < -0.4 is 5.32 Å². The highest BCUT2D eigenvalue weighted by Gasteiger charge is 2.34. The van der Waals surface area contributed by atoms with Crippen LogP contribution in [0.1, 0.15) is 57.1 Å². The van der Waals surface area contributed by atoms with Gasteiger partial charge < -0.3 is 5.32 Å². The molecule has 3 unspecified atom stereocenters. The summed E-state index contributed by atoms with van der Waals surface area (Å²) in [5.41, 5.74) is 1.23. The van der Waals surface area contributed by atoms with Crippen LogP contribution in [0.5, 0.6) is 0 Å². The number of benzene rings is 1. The van der Waals surface area contributed by atoms with Crippen molar-refractivity contribution in [1.29, 1.82) is 0 Å². The van der Waals surface area contributed by atoms with Gasteiger partial charge in [-0.2, -0.15) is 0 Å². The lowest BCUT2D eigenvalue weighted by molar-refractivity contribution is 0.249. The minimum absolute atomic E-state index is 0.340. The fourth-order valence-corrected chi connectivity index (χ4v) is 3.91. The molecule has 0 heterocycles. The van der Waals surface area contributed by atoms with E-state index in [1.165, 1.54) is 44.1 Å². The second-order valence-corrected chi connectivity index (χ2v) is 7.34. The Hall–Kier alpha value is -0.240. The average Bonchev–Trinajstić information content (AvgIpc) is 3.26. The molecule has 2 fully saturated rings. The molecule has 1 nitrogen and oxygen atoms in total. The molecule has 2 aliphatic rings. The van der Waals surface area contributed by atoms with Gasteiger partial charge in [-0.25, -0.2) is 0 Å². The van der Waals surface area contributed by atoms with Gasteiger partial charge in [0.05, 0.1) is 10.0 Å². The molecular formula is C17H23Cl2N. The Morgan fingerprint density at radius 1 is 1.05 bits per heavy atom. The second-order valence-electron chi connectivity index (χ2n) is 6.52. The summed E-state index contributed by atoms with van der Waals surface area (Å²) in [5.74, 6) is 2.02. The van der Waals surface area contributed by atoms with Gasteiger partial charge in [-0.05, 0) is 62.1 Å². The fourth-order valence-electron chi connectivity index (χ4n) is 3.61. The molecule has 1 aromatic rings. The van der Waals surface area contributed by atoms with Crippen LogP contribution in [-0.4, -0.2) is 6.04 Å². The Bertz CT molecular complexity index is 470. The number of hydrogen-bond acceptors (Lipinski definition) is 1.